The van der Waals surface area contributed by atoms with Crippen LogP contribution >= 0.6 is 11.6 Å². The smallest absolute Gasteiger partial charge is 0.214 e. The topological polar surface area (TPSA) is 34.1 Å². The number of methoxy groups -OCH3 is 1. The lowest BCUT2D eigenvalue weighted by molar-refractivity contribution is -0.0191. The van der Waals surface area contributed by atoms with E-state index in [1.54, 1.807) is 7.11 Å². The number of halogens is 1. The summed E-state index contributed by atoms with van der Waals surface area (Å²) < 4.78 is 11.8. The van der Waals surface area contributed by atoms with Crippen LogP contribution in [-0.4, -0.2) is 17.8 Å². The van der Waals surface area contributed by atoms with Crippen molar-refractivity contribution in [1.82, 2.24) is 5.01 Å². The van der Waals surface area contributed by atoms with Gasteiger partial charge in [0.1, 0.15) is 11.5 Å². The van der Waals surface area contributed by atoms with Gasteiger partial charge in [0.15, 0.2) is 0 Å². The summed E-state index contributed by atoms with van der Waals surface area (Å²) in [5.41, 5.74) is 5.50. The highest BCUT2D eigenvalue weighted by atomic mass is 35.5. The first kappa shape index (κ1) is 18.1. The normalized spacial score (nSPS) is 19.8. The molecule has 0 bridgehead atoms. The minimum absolute atomic E-state index is 0.0740. The molecule has 0 saturated heterocycles. The van der Waals surface area contributed by atoms with Gasteiger partial charge in [-0.05, 0) is 42.8 Å². The van der Waals surface area contributed by atoms with Crippen molar-refractivity contribution < 1.29 is 9.47 Å². The molecular weight excluding hydrogens is 384 g/mol. The SMILES string of the molecule is COc1cccc([C@@H]2Oc3ccc(Cl)cc3[C@@H]3CC(c4ccc(C)cc4)=NN32)c1. The first-order valence-electron chi connectivity index (χ1n) is 9.65. The van der Waals surface area contributed by atoms with Gasteiger partial charge in [0, 0.05) is 22.6 Å². The van der Waals surface area contributed by atoms with Gasteiger partial charge in [0.25, 0.3) is 0 Å². The largest absolute Gasteiger partial charge is 0.497 e. The maximum atomic E-state index is 6.39. The number of hydrogen-bond acceptors (Lipinski definition) is 4. The molecule has 0 fully saturated rings. The number of fused-ring (bicyclic) bond motifs is 3. The van der Waals surface area contributed by atoms with Crippen molar-refractivity contribution in [2.45, 2.75) is 25.6 Å². The van der Waals surface area contributed by atoms with E-state index in [1.165, 1.54) is 5.56 Å². The molecule has 0 N–H and O–H groups in total. The third-order valence-corrected chi connectivity index (χ3v) is 5.75. The van der Waals surface area contributed by atoms with Gasteiger partial charge in [-0.3, -0.25) is 0 Å². The molecule has 146 valence electrons. The van der Waals surface area contributed by atoms with Crippen molar-refractivity contribution in [2.75, 3.05) is 7.11 Å². The van der Waals surface area contributed by atoms with Gasteiger partial charge >= 0.3 is 0 Å². The molecule has 5 heteroatoms. The van der Waals surface area contributed by atoms with E-state index in [9.17, 15) is 0 Å². The Morgan fingerprint density at radius 1 is 1.07 bits per heavy atom. The molecule has 0 saturated carbocycles. The maximum Gasteiger partial charge on any atom is 0.214 e. The van der Waals surface area contributed by atoms with Crippen molar-refractivity contribution in [1.29, 1.82) is 0 Å². The molecule has 3 aromatic carbocycles. The summed E-state index contributed by atoms with van der Waals surface area (Å²) in [6, 6.07) is 22.3. The molecular formula is C24H21ClN2O2. The van der Waals surface area contributed by atoms with Crippen LogP contribution in [0.2, 0.25) is 5.02 Å². The number of hydrogen-bond donors (Lipinski definition) is 0. The first-order valence-corrected chi connectivity index (χ1v) is 10.0. The van der Waals surface area contributed by atoms with E-state index in [0.29, 0.717) is 5.02 Å². The van der Waals surface area contributed by atoms with Gasteiger partial charge in [-0.25, -0.2) is 5.01 Å². The summed E-state index contributed by atoms with van der Waals surface area (Å²) in [6.07, 6.45) is 0.479. The average Bonchev–Trinajstić information content (AvgIpc) is 3.19. The van der Waals surface area contributed by atoms with Gasteiger partial charge in [0.2, 0.25) is 6.23 Å². The second-order valence-electron chi connectivity index (χ2n) is 7.44. The Morgan fingerprint density at radius 2 is 1.90 bits per heavy atom. The van der Waals surface area contributed by atoms with Crippen molar-refractivity contribution in [2.24, 2.45) is 5.10 Å². The summed E-state index contributed by atoms with van der Waals surface area (Å²) in [7, 11) is 1.67. The molecule has 2 aliphatic rings. The van der Waals surface area contributed by atoms with Crippen molar-refractivity contribution >= 4 is 17.3 Å². The van der Waals surface area contributed by atoms with Crippen molar-refractivity contribution in [3.8, 4) is 11.5 Å². The first-order chi connectivity index (χ1) is 14.1. The van der Waals surface area contributed by atoms with Crippen LogP contribution in [-0.2, 0) is 0 Å². The molecule has 5 rings (SSSR count). The number of ether oxygens (including phenoxy) is 2. The average molecular weight is 405 g/mol. The zero-order valence-corrected chi connectivity index (χ0v) is 17.1. The number of hydrazone groups is 1. The molecule has 29 heavy (non-hydrogen) atoms. The number of aryl methyl sites for hydroxylation is 1. The Hall–Kier alpha value is -2.98. The Labute approximate surface area is 175 Å². The van der Waals surface area contributed by atoms with Crippen LogP contribution in [0.4, 0.5) is 0 Å². The van der Waals surface area contributed by atoms with Gasteiger partial charge in [-0.15, -0.1) is 0 Å². The molecule has 4 nitrogen and oxygen atoms in total. The van der Waals surface area contributed by atoms with Crippen LogP contribution in [0.3, 0.4) is 0 Å². The fraction of sp³-hybridized carbons (Fsp3) is 0.208. The molecule has 0 aromatic heterocycles. The Kier molecular flexibility index (Phi) is 4.44. The summed E-state index contributed by atoms with van der Waals surface area (Å²) in [6.45, 7) is 2.09. The molecule has 0 unspecified atom stereocenters. The summed E-state index contributed by atoms with van der Waals surface area (Å²) >= 11 is 6.30. The second-order valence-corrected chi connectivity index (χ2v) is 7.88. The van der Waals surface area contributed by atoms with E-state index in [-0.39, 0.29) is 12.3 Å². The van der Waals surface area contributed by atoms with E-state index in [4.69, 9.17) is 26.2 Å². The Balaban J connectivity index is 1.60. The van der Waals surface area contributed by atoms with Crippen molar-refractivity contribution in [3.05, 3.63) is 94.0 Å². The predicted molar refractivity (Wildman–Crippen MR) is 115 cm³/mol. The van der Waals surface area contributed by atoms with E-state index in [1.807, 2.05) is 42.5 Å². The van der Waals surface area contributed by atoms with Crippen LogP contribution in [0, 0.1) is 6.92 Å². The molecule has 3 aromatic rings. The van der Waals surface area contributed by atoms with Crippen LogP contribution in [0.1, 0.15) is 40.9 Å². The molecule has 0 aliphatic carbocycles. The van der Waals surface area contributed by atoms with Gasteiger partial charge < -0.3 is 9.47 Å². The molecule has 2 atom stereocenters. The molecule has 2 heterocycles. The monoisotopic (exact) mass is 404 g/mol. The number of nitrogens with zero attached hydrogens (tertiary/aromatic N) is 2. The highest BCUT2D eigenvalue weighted by Gasteiger charge is 2.41. The lowest BCUT2D eigenvalue weighted by atomic mass is 9.95. The fourth-order valence-electron chi connectivity index (χ4n) is 3.99. The molecule has 2 aliphatic heterocycles. The highest BCUT2D eigenvalue weighted by Crippen LogP contribution is 2.48. The highest BCUT2D eigenvalue weighted by molar-refractivity contribution is 6.30. The summed E-state index contributed by atoms with van der Waals surface area (Å²) in [5, 5.41) is 7.76. The van der Waals surface area contributed by atoms with Crippen LogP contribution in [0.15, 0.2) is 71.8 Å². The third-order valence-electron chi connectivity index (χ3n) is 5.52. The van der Waals surface area contributed by atoms with Crippen LogP contribution in [0.5, 0.6) is 11.5 Å². The van der Waals surface area contributed by atoms with E-state index >= 15 is 0 Å². The number of rotatable bonds is 3. The van der Waals surface area contributed by atoms with Gasteiger partial charge in [0.05, 0.1) is 18.9 Å². The van der Waals surface area contributed by atoms with E-state index < -0.39 is 0 Å². The minimum Gasteiger partial charge on any atom is -0.497 e. The Morgan fingerprint density at radius 3 is 2.69 bits per heavy atom. The molecule has 0 spiro atoms. The lowest BCUT2D eigenvalue weighted by Crippen LogP contribution is -2.33. The lowest BCUT2D eigenvalue weighted by Gasteiger charge is -2.38. The van der Waals surface area contributed by atoms with Crippen LogP contribution in [0.25, 0.3) is 0 Å². The molecule has 0 radical (unpaired) electrons. The zero-order valence-electron chi connectivity index (χ0n) is 16.3. The van der Waals surface area contributed by atoms with Crippen LogP contribution < -0.4 is 9.47 Å². The standard InChI is InChI=1S/C24H21ClN2O2/c1-15-6-8-16(9-7-15)21-14-22-20-13-18(25)10-11-23(20)29-24(27(22)26-21)17-4-3-5-19(12-17)28-2/h3-13,22,24H,14H2,1-2H3/t22-,24-/m0/s1. The van der Waals surface area contributed by atoms with Gasteiger partial charge in [-0.2, -0.15) is 5.10 Å². The van der Waals surface area contributed by atoms with E-state index in [2.05, 4.69) is 36.2 Å². The maximum absolute atomic E-state index is 6.39. The quantitative estimate of drug-likeness (QED) is 0.545. The fourth-order valence-corrected chi connectivity index (χ4v) is 4.17. The number of benzene rings is 3. The summed E-state index contributed by atoms with van der Waals surface area (Å²) in [4.78, 5) is 0. The predicted octanol–water partition coefficient (Wildman–Crippen LogP) is 5.90. The van der Waals surface area contributed by atoms with Gasteiger partial charge in [-0.1, -0.05) is 53.6 Å². The minimum atomic E-state index is -0.327. The third kappa shape index (κ3) is 3.23. The van der Waals surface area contributed by atoms with Crippen molar-refractivity contribution in [3.63, 3.8) is 0 Å². The summed E-state index contributed by atoms with van der Waals surface area (Å²) in [5.74, 6) is 1.65. The molecule has 0 amide bonds. The second kappa shape index (κ2) is 7.12. The zero-order chi connectivity index (χ0) is 20.0. The Bertz CT molecular complexity index is 1090. The van der Waals surface area contributed by atoms with E-state index in [0.717, 1.165) is 40.3 Å².